The van der Waals surface area contributed by atoms with E-state index in [4.69, 9.17) is 4.74 Å². The predicted octanol–water partition coefficient (Wildman–Crippen LogP) is 1.59. The van der Waals surface area contributed by atoms with Gasteiger partial charge in [0, 0.05) is 31.3 Å². The van der Waals surface area contributed by atoms with Crippen LogP contribution in [0.4, 0.5) is 0 Å². The van der Waals surface area contributed by atoms with Crippen LogP contribution in [0.2, 0.25) is 0 Å². The van der Waals surface area contributed by atoms with E-state index < -0.39 is 0 Å². The van der Waals surface area contributed by atoms with E-state index in [2.05, 4.69) is 27.9 Å². The Morgan fingerprint density at radius 2 is 2.08 bits per heavy atom. The van der Waals surface area contributed by atoms with E-state index in [1.165, 1.54) is 5.56 Å². The van der Waals surface area contributed by atoms with E-state index in [0.29, 0.717) is 18.8 Å². The topological polar surface area (TPSA) is 68.2 Å². The summed E-state index contributed by atoms with van der Waals surface area (Å²) >= 11 is 0. The minimum atomic E-state index is -0.109. The first-order valence-corrected chi connectivity index (χ1v) is 9.38. The predicted molar refractivity (Wildman–Crippen MR) is 99.0 cm³/mol. The van der Waals surface area contributed by atoms with E-state index in [9.17, 15) is 4.79 Å². The molecule has 1 aromatic heterocycles. The average Bonchev–Trinajstić information content (AvgIpc) is 2.99. The van der Waals surface area contributed by atoms with Crippen LogP contribution in [0.5, 0.6) is 0 Å². The molecule has 0 atom stereocenters. The Morgan fingerprint density at radius 1 is 1.31 bits per heavy atom. The summed E-state index contributed by atoms with van der Waals surface area (Å²) in [6, 6.07) is 10.2. The number of nitrogens with zero attached hydrogens (tertiary/aromatic N) is 2. The number of carbonyl (C=O) groups is 1. The monoisotopic (exact) mass is 354 g/mol. The van der Waals surface area contributed by atoms with Crippen LogP contribution in [0.1, 0.15) is 40.2 Å². The van der Waals surface area contributed by atoms with Gasteiger partial charge in [-0.15, -0.1) is 0 Å². The molecular formula is C20H26N4O2. The van der Waals surface area contributed by atoms with Crippen molar-refractivity contribution in [2.75, 3.05) is 19.6 Å². The number of nitrogens with one attached hydrogen (secondary N) is 2. The molecule has 2 aliphatic heterocycles. The summed E-state index contributed by atoms with van der Waals surface area (Å²) in [4.78, 5) is 12.6. The third-order valence-corrected chi connectivity index (χ3v) is 5.56. The summed E-state index contributed by atoms with van der Waals surface area (Å²) in [6.45, 7) is 3.05. The van der Waals surface area contributed by atoms with Crippen molar-refractivity contribution in [1.29, 1.82) is 0 Å². The van der Waals surface area contributed by atoms with Gasteiger partial charge in [-0.05, 0) is 37.9 Å². The number of carbonyl (C=O) groups excluding carboxylic acids is 1. The van der Waals surface area contributed by atoms with Crippen molar-refractivity contribution in [3.63, 3.8) is 0 Å². The molecule has 26 heavy (non-hydrogen) atoms. The number of aromatic nitrogens is 2. The van der Waals surface area contributed by atoms with Crippen LogP contribution in [0.3, 0.4) is 0 Å². The molecule has 0 unspecified atom stereocenters. The Bertz CT molecular complexity index is 779. The van der Waals surface area contributed by atoms with Crippen molar-refractivity contribution in [2.24, 2.45) is 7.05 Å². The van der Waals surface area contributed by atoms with E-state index in [1.54, 1.807) is 0 Å². The maximum Gasteiger partial charge on any atom is 0.272 e. The lowest BCUT2D eigenvalue weighted by Crippen LogP contribution is -2.47. The SMILES string of the molecule is Cn1nc(C(=O)NCCc2ccccc2)c2c1CC1(CCNCC1)OC2. The molecule has 2 aromatic rings. The minimum Gasteiger partial charge on any atom is -0.370 e. The number of hydrogen-bond donors (Lipinski definition) is 2. The molecule has 6 nitrogen and oxygen atoms in total. The molecule has 0 radical (unpaired) electrons. The molecule has 1 fully saturated rings. The number of rotatable bonds is 4. The number of hydrogen-bond acceptors (Lipinski definition) is 4. The number of ether oxygens (including phenoxy) is 1. The Hall–Kier alpha value is -2.18. The second kappa shape index (κ2) is 7.21. The van der Waals surface area contributed by atoms with E-state index in [0.717, 1.165) is 50.0 Å². The van der Waals surface area contributed by atoms with Crippen LogP contribution in [0.25, 0.3) is 0 Å². The van der Waals surface area contributed by atoms with Gasteiger partial charge in [0.1, 0.15) is 0 Å². The molecule has 3 heterocycles. The molecule has 138 valence electrons. The van der Waals surface area contributed by atoms with Gasteiger partial charge in [0.15, 0.2) is 5.69 Å². The Morgan fingerprint density at radius 3 is 2.85 bits per heavy atom. The molecule has 4 rings (SSSR count). The first kappa shape index (κ1) is 17.2. The zero-order valence-corrected chi connectivity index (χ0v) is 15.3. The fourth-order valence-corrected chi connectivity index (χ4v) is 3.99. The van der Waals surface area contributed by atoms with Gasteiger partial charge in [-0.1, -0.05) is 30.3 Å². The molecule has 0 aliphatic carbocycles. The lowest BCUT2D eigenvalue weighted by Gasteiger charge is -2.40. The second-order valence-electron chi connectivity index (χ2n) is 7.29. The first-order chi connectivity index (χ1) is 12.7. The average molecular weight is 354 g/mol. The maximum absolute atomic E-state index is 12.6. The van der Waals surface area contributed by atoms with Crippen LogP contribution in [-0.4, -0.2) is 40.9 Å². The lowest BCUT2D eigenvalue weighted by molar-refractivity contribution is -0.0869. The highest BCUT2D eigenvalue weighted by Crippen LogP contribution is 2.35. The standard InChI is InChI=1S/C20H26N4O2/c1-24-17-13-20(8-11-21-12-9-20)26-14-16(17)18(23-24)19(25)22-10-7-15-5-3-2-4-6-15/h2-6,21H,7-14H2,1H3,(H,22,25). The Labute approximate surface area is 153 Å². The van der Waals surface area contributed by atoms with Crippen molar-refractivity contribution in [1.82, 2.24) is 20.4 Å². The fourth-order valence-electron chi connectivity index (χ4n) is 3.99. The zero-order chi connectivity index (χ0) is 18.0. The van der Waals surface area contributed by atoms with Crippen molar-refractivity contribution in [3.8, 4) is 0 Å². The normalized spacial score (nSPS) is 18.5. The molecule has 1 saturated heterocycles. The fraction of sp³-hybridized carbons (Fsp3) is 0.500. The van der Waals surface area contributed by atoms with Gasteiger partial charge in [-0.25, -0.2) is 0 Å². The van der Waals surface area contributed by atoms with Gasteiger partial charge < -0.3 is 15.4 Å². The van der Waals surface area contributed by atoms with E-state index >= 15 is 0 Å². The molecule has 1 spiro atoms. The Kier molecular flexibility index (Phi) is 4.78. The third-order valence-electron chi connectivity index (χ3n) is 5.56. The van der Waals surface area contributed by atoms with Crippen LogP contribution >= 0.6 is 0 Å². The lowest BCUT2D eigenvalue weighted by atomic mass is 9.84. The maximum atomic E-state index is 12.6. The summed E-state index contributed by atoms with van der Waals surface area (Å²) in [7, 11) is 1.93. The van der Waals surface area contributed by atoms with Crippen LogP contribution in [0.15, 0.2) is 30.3 Å². The number of benzene rings is 1. The minimum absolute atomic E-state index is 0.0902. The quantitative estimate of drug-likeness (QED) is 0.875. The molecule has 1 aromatic carbocycles. The number of piperidine rings is 1. The van der Waals surface area contributed by atoms with Crippen LogP contribution in [-0.2, 0) is 31.2 Å². The smallest absolute Gasteiger partial charge is 0.272 e. The third kappa shape index (κ3) is 3.39. The molecule has 2 aliphatic rings. The summed E-state index contributed by atoms with van der Waals surface area (Å²) < 4.78 is 8.11. The highest BCUT2D eigenvalue weighted by Gasteiger charge is 2.40. The van der Waals surface area contributed by atoms with Gasteiger partial charge >= 0.3 is 0 Å². The highest BCUT2D eigenvalue weighted by molar-refractivity contribution is 5.94. The summed E-state index contributed by atoms with van der Waals surface area (Å²) in [6.07, 6.45) is 3.67. The van der Waals surface area contributed by atoms with Crippen molar-refractivity contribution >= 4 is 5.91 Å². The van der Waals surface area contributed by atoms with Gasteiger partial charge in [0.2, 0.25) is 0 Å². The van der Waals surface area contributed by atoms with Gasteiger partial charge in [-0.2, -0.15) is 5.10 Å². The highest BCUT2D eigenvalue weighted by atomic mass is 16.5. The zero-order valence-electron chi connectivity index (χ0n) is 15.3. The molecule has 0 saturated carbocycles. The Balaban J connectivity index is 1.43. The molecule has 2 N–H and O–H groups in total. The summed E-state index contributed by atoms with van der Waals surface area (Å²) in [5, 5.41) is 10.9. The van der Waals surface area contributed by atoms with Crippen molar-refractivity contribution < 1.29 is 9.53 Å². The molecule has 0 bridgehead atoms. The van der Waals surface area contributed by atoms with E-state index in [1.807, 2.05) is 29.9 Å². The van der Waals surface area contributed by atoms with Crippen molar-refractivity contribution in [3.05, 3.63) is 52.8 Å². The largest absolute Gasteiger partial charge is 0.370 e. The van der Waals surface area contributed by atoms with Gasteiger partial charge in [0.25, 0.3) is 5.91 Å². The number of fused-ring (bicyclic) bond motifs is 1. The van der Waals surface area contributed by atoms with Gasteiger partial charge in [-0.3, -0.25) is 9.48 Å². The molecular weight excluding hydrogens is 328 g/mol. The summed E-state index contributed by atoms with van der Waals surface area (Å²) in [5.74, 6) is -0.109. The summed E-state index contributed by atoms with van der Waals surface area (Å²) in [5.41, 5.74) is 3.74. The first-order valence-electron chi connectivity index (χ1n) is 9.38. The van der Waals surface area contributed by atoms with E-state index in [-0.39, 0.29) is 11.5 Å². The number of amides is 1. The van der Waals surface area contributed by atoms with Crippen LogP contribution in [0, 0.1) is 0 Å². The number of aryl methyl sites for hydroxylation is 1. The van der Waals surface area contributed by atoms with Crippen molar-refractivity contribution in [2.45, 2.75) is 37.9 Å². The van der Waals surface area contributed by atoms with Gasteiger partial charge in [0.05, 0.1) is 12.2 Å². The second-order valence-corrected chi connectivity index (χ2v) is 7.29. The molecule has 1 amide bonds. The van der Waals surface area contributed by atoms with Crippen LogP contribution < -0.4 is 10.6 Å². The molecule has 6 heteroatoms.